The maximum Gasteiger partial charge on any atom is 0.530 e. The number of aromatic nitrogens is 8. The van der Waals surface area contributed by atoms with Gasteiger partial charge < -0.3 is 52.6 Å². The highest BCUT2D eigenvalue weighted by atomic mass is 35.5. The van der Waals surface area contributed by atoms with Crippen LogP contribution in [-0.4, -0.2) is 132 Å². The van der Waals surface area contributed by atoms with Crippen molar-refractivity contribution in [1.82, 2.24) is 43.3 Å². The molecule has 3 fully saturated rings. The topological polar surface area (TPSA) is 337 Å². The van der Waals surface area contributed by atoms with E-state index in [1.165, 1.54) is 59.3 Å². The van der Waals surface area contributed by atoms with Crippen molar-refractivity contribution in [3.05, 3.63) is 293 Å². The summed E-state index contributed by atoms with van der Waals surface area (Å²) in [4.78, 5) is 89.7. The minimum absolute atomic E-state index is 0.00459. The number of anilines is 2. The maximum atomic E-state index is 16.8. The summed E-state index contributed by atoms with van der Waals surface area (Å²) >= 11 is 14.4. The Morgan fingerprint density at radius 2 is 1.31 bits per heavy atom. The Balaban J connectivity index is 0.877. The molecule has 2 amide bonds. The predicted octanol–water partition coefficient (Wildman–Crippen LogP) is 15.3. The number of methoxy groups -OCH3 is 2. The SMILES string of the molecule is COc1ccc(C(OC[C@@H]2O[C@@H](n3ccc(NC(=O)c4ccccc4)nc3=O)C[C@H]2C2=C([C@H]3O[C@@H](n4cc(C)c(=O)[nH]c4=O)C[C@@H]3OP(=O)(OC[C@H]3OC(n4cnc5c(NC(=O)c6ccccc6)ncnc54)CC3OP(OCCC#N)N(C(C)C)C(C)C)Oc3ccccc3Cl)C(C)=C(Cl)[CH]C2)(c2ccccc2)c2ccc(OC)cc2)cc1. The summed E-state index contributed by atoms with van der Waals surface area (Å²) in [7, 11) is -4.03. The number of phosphoric acid groups is 1. The number of nitriles is 1. The van der Waals surface area contributed by atoms with Gasteiger partial charge in [-0.05, 0) is 143 Å². The van der Waals surface area contributed by atoms with Gasteiger partial charge in [0.05, 0.1) is 70.1 Å². The lowest BCUT2D eigenvalue weighted by molar-refractivity contribution is -0.0828. The van der Waals surface area contributed by atoms with Gasteiger partial charge in [0, 0.05) is 77.8 Å². The molecule has 0 bridgehead atoms. The number of H-pyrrole nitrogens is 1. The standard InChI is InChI=1S/C85H87Cl2N12O17P2/c1-51(2)99(52(3)4)117(109-42-20-40-88)114-67-44-74(98-50-91-76-78(89-49-90-79(76)98)94-82(102)56-23-14-10-15-24-56)112-70(67)48-110-118(105,115-66-28-19-18-27-65(66)87)116-68-45-73(97-46-53(5)80(100)95-84(97)104)113-77(68)75-54(6)64(86)38-37-62(75)63-43-72(96-41-39-71(93-83(96)103)92-81(101)55-21-12-9-13-22-55)111-69(63)47-108-85(57-25-16-11-17-26-57,58-29-33-60(106-7)34-30-58)59-31-35-61(107-8)36-32-59/h9-19,21-36,38-39,41,46,49-52,63,67-70,72-74,77H,20,37,42-45,47-48H2,1-8H3,(H,95,100,104)(H,89,90,94,102)(H,92,93,101,103)/t63-,67?,68-,69-,70+,72+,73+,74?,77-,117?,118?/m0/s1. The fourth-order valence-electron chi connectivity index (χ4n) is 15.2. The van der Waals surface area contributed by atoms with Crippen LogP contribution in [0.15, 0.2) is 231 Å². The zero-order valence-electron chi connectivity index (χ0n) is 65.7. The summed E-state index contributed by atoms with van der Waals surface area (Å²) in [5.74, 6) is -0.452. The smallest absolute Gasteiger partial charge is 0.497 e. The van der Waals surface area contributed by atoms with E-state index in [4.69, 9.17) is 74.2 Å². The Morgan fingerprint density at radius 3 is 1.95 bits per heavy atom. The lowest BCUT2D eigenvalue weighted by Gasteiger charge is -2.38. The molecule has 3 N–H and O–H groups in total. The fourth-order valence-corrected chi connectivity index (χ4v) is 18.8. The first-order valence-electron chi connectivity index (χ1n) is 38.4. The highest BCUT2D eigenvalue weighted by molar-refractivity contribution is 7.49. The molecule has 4 unspecified atom stereocenters. The average Bonchev–Trinajstić information content (AvgIpc) is 1.56. The van der Waals surface area contributed by atoms with Gasteiger partial charge in [0.15, 0.2) is 17.0 Å². The zero-order chi connectivity index (χ0) is 82.9. The zero-order valence-corrected chi connectivity index (χ0v) is 69.0. The van der Waals surface area contributed by atoms with Crippen LogP contribution in [0.25, 0.3) is 11.2 Å². The summed E-state index contributed by atoms with van der Waals surface area (Å²) in [6.07, 6.45) is -1.63. The molecule has 10 aromatic rings. The van der Waals surface area contributed by atoms with Crippen LogP contribution in [0.5, 0.6) is 17.2 Å². The number of allylic oxidation sites excluding steroid dienone is 1. The maximum absolute atomic E-state index is 16.8. The van der Waals surface area contributed by atoms with Crippen molar-refractivity contribution in [3.63, 3.8) is 0 Å². The largest absolute Gasteiger partial charge is 0.530 e. The molecule has 1 aliphatic carbocycles. The van der Waals surface area contributed by atoms with Crippen LogP contribution in [0.1, 0.15) is 128 Å². The number of hydrogen-bond acceptors (Lipinski definition) is 23. The minimum atomic E-state index is -5.22. The molecule has 6 aromatic carbocycles. The van der Waals surface area contributed by atoms with Crippen molar-refractivity contribution in [2.75, 3.05) is 44.7 Å². The van der Waals surface area contributed by atoms with E-state index in [1.54, 1.807) is 98.5 Å². The number of aromatic amines is 1. The van der Waals surface area contributed by atoms with Gasteiger partial charge in [-0.2, -0.15) is 10.2 Å². The third kappa shape index (κ3) is 18.4. The number of imidazole rings is 1. The number of phosphoric ester groups is 1. The summed E-state index contributed by atoms with van der Waals surface area (Å²) in [5, 5.41) is 15.7. The summed E-state index contributed by atoms with van der Waals surface area (Å²) < 4.78 is 97.5. The van der Waals surface area contributed by atoms with Crippen molar-refractivity contribution in [2.24, 2.45) is 5.92 Å². The number of fused-ring (bicyclic) bond motifs is 1. The van der Waals surface area contributed by atoms with Gasteiger partial charge in [0.25, 0.3) is 25.9 Å². The number of para-hydroxylation sites is 1. The van der Waals surface area contributed by atoms with Gasteiger partial charge in [-0.3, -0.25) is 42.1 Å². The van der Waals surface area contributed by atoms with Gasteiger partial charge >= 0.3 is 19.2 Å². The number of nitrogens with one attached hydrogen (secondary N) is 3. The quantitative estimate of drug-likeness (QED) is 0.0200. The van der Waals surface area contributed by atoms with E-state index in [-0.39, 0.29) is 96.5 Å². The molecule has 613 valence electrons. The molecule has 3 saturated heterocycles. The number of hydrogen-bond donors (Lipinski definition) is 3. The van der Waals surface area contributed by atoms with Crippen molar-refractivity contribution in [2.45, 2.75) is 141 Å². The number of benzene rings is 6. The molecular weight excluding hydrogens is 1590 g/mol. The second-order valence-corrected chi connectivity index (χ2v) is 32.8. The van der Waals surface area contributed by atoms with E-state index in [0.29, 0.717) is 55.5 Å². The van der Waals surface area contributed by atoms with Crippen LogP contribution in [0.3, 0.4) is 0 Å². The van der Waals surface area contributed by atoms with Crippen molar-refractivity contribution >= 4 is 74.2 Å². The van der Waals surface area contributed by atoms with Crippen molar-refractivity contribution in [1.29, 1.82) is 5.26 Å². The molecule has 11 atom stereocenters. The molecule has 4 aliphatic rings. The van der Waals surface area contributed by atoms with Gasteiger partial charge in [0.1, 0.15) is 72.0 Å². The Morgan fingerprint density at radius 1 is 0.712 bits per heavy atom. The van der Waals surface area contributed by atoms with Gasteiger partial charge in [-0.25, -0.2) is 33.8 Å². The van der Waals surface area contributed by atoms with E-state index >= 15 is 4.57 Å². The molecule has 118 heavy (non-hydrogen) atoms. The Kier molecular flexibility index (Phi) is 26.6. The molecule has 1 radical (unpaired) electrons. The summed E-state index contributed by atoms with van der Waals surface area (Å²) in [6, 6.07) is 51.6. The van der Waals surface area contributed by atoms with E-state index in [0.717, 1.165) is 5.56 Å². The van der Waals surface area contributed by atoms with Gasteiger partial charge in [-0.1, -0.05) is 132 Å². The molecule has 14 rings (SSSR count). The normalized spacial score (nSPS) is 21.0. The molecule has 0 spiro atoms. The van der Waals surface area contributed by atoms with Crippen LogP contribution in [0, 0.1) is 30.6 Å². The summed E-state index contributed by atoms with van der Waals surface area (Å²) in [6.45, 7) is 10.6. The molecule has 3 aliphatic heterocycles. The van der Waals surface area contributed by atoms with Crippen molar-refractivity contribution < 1.29 is 65.2 Å². The summed E-state index contributed by atoms with van der Waals surface area (Å²) in [5.41, 5.74) is 1.53. The lowest BCUT2D eigenvalue weighted by atomic mass is 9.77. The number of carbonyl (C=O) groups is 2. The van der Waals surface area contributed by atoms with Crippen LogP contribution in [-0.2, 0) is 47.2 Å². The first-order chi connectivity index (χ1) is 57.0. The van der Waals surface area contributed by atoms with Gasteiger partial charge in [-0.15, -0.1) is 0 Å². The third-order valence-electron chi connectivity index (χ3n) is 20.9. The average molecular weight is 1680 g/mol. The van der Waals surface area contributed by atoms with E-state index in [9.17, 15) is 29.2 Å². The van der Waals surface area contributed by atoms with Crippen LogP contribution in [0.4, 0.5) is 11.6 Å². The number of rotatable bonds is 32. The lowest BCUT2D eigenvalue weighted by Crippen LogP contribution is -2.38. The molecular formula is C85H87Cl2N12O17P2. The third-order valence-corrected chi connectivity index (χ3v) is 25.2. The Bertz CT molecular complexity index is 5550. The second kappa shape index (κ2) is 37.3. The molecule has 0 saturated carbocycles. The van der Waals surface area contributed by atoms with E-state index in [1.807, 2.05) is 113 Å². The Labute approximate surface area is 691 Å². The molecule has 4 aromatic heterocycles. The fraction of sp³-hybridized carbons (Fsp3) is 0.329. The highest BCUT2D eigenvalue weighted by Gasteiger charge is 2.52. The number of aryl methyl sites for hydroxylation is 1. The number of nitrogens with zero attached hydrogens (tertiary/aromatic N) is 9. The van der Waals surface area contributed by atoms with Crippen molar-refractivity contribution in [3.8, 4) is 23.3 Å². The highest BCUT2D eigenvalue weighted by Crippen LogP contribution is 2.58. The predicted molar refractivity (Wildman–Crippen MR) is 441 cm³/mol. The van der Waals surface area contributed by atoms with E-state index < -0.39 is 112 Å². The minimum Gasteiger partial charge on any atom is -0.497 e. The monoisotopic (exact) mass is 1680 g/mol. The first-order valence-corrected chi connectivity index (χ1v) is 41.7. The van der Waals surface area contributed by atoms with Crippen LogP contribution in [0.2, 0.25) is 5.02 Å². The van der Waals surface area contributed by atoms with Crippen LogP contribution >= 0.6 is 39.6 Å². The van der Waals surface area contributed by atoms with Crippen LogP contribution < -0.4 is 41.6 Å². The molecule has 29 nitrogen and oxygen atoms in total. The molecule has 33 heteroatoms. The Hall–Kier alpha value is -10.4. The van der Waals surface area contributed by atoms with Gasteiger partial charge in [0.2, 0.25) is 0 Å². The molecule has 7 heterocycles. The second-order valence-electron chi connectivity index (χ2n) is 29.0. The first kappa shape index (κ1) is 84.1. The number of ether oxygens (including phenoxy) is 6. The number of halogens is 2. The number of carbonyl (C=O) groups excluding carboxylic acids is 2. The number of amides is 2. The van der Waals surface area contributed by atoms with E-state index in [2.05, 4.69) is 46.3 Å².